The molecule has 0 N–H and O–H groups in total. The minimum Gasteiger partial charge on any atom is -0.337 e. The van der Waals surface area contributed by atoms with E-state index in [4.69, 9.17) is 0 Å². The Morgan fingerprint density at radius 1 is 1.25 bits per heavy atom. The van der Waals surface area contributed by atoms with Crippen LogP contribution >= 0.6 is 0 Å². The lowest BCUT2D eigenvalue weighted by Crippen LogP contribution is -2.48. The predicted octanol–water partition coefficient (Wildman–Crippen LogP) is 0.311. The summed E-state index contributed by atoms with van der Waals surface area (Å²) in [5.41, 5.74) is 0. The molecule has 0 atom stereocenters. The van der Waals surface area contributed by atoms with Gasteiger partial charge in [0.05, 0.1) is 0 Å². The summed E-state index contributed by atoms with van der Waals surface area (Å²) < 4.78 is 0. The molecule has 1 aliphatic rings. The van der Waals surface area contributed by atoms with Crippen molar-refractivity contribution in [1.29, 1.82) is 0 Å². The van der Waals surface area contributed by atoms with Crippen molar-refractivity contribution in [2.24, 2.45) is 0 Å². The molecule has 84 valence electrons. The van der Waals surface area contributed by atoms with Gasteiger partial charge in [-0.25, -0.2) is 9.97 Å². The molecule has 1 aromatic heterocycles. The van der Waals surface area contributed by atoms with E-state index in [0.29, 0.717) is 13.1 Å². The normalized spacial score (nSPS) is 16.0. The molecule has 0 unspecified atom stereocenters. The number of hydrogen-bond donors (Lipinski definition) is 0. The van der Waals surface area contributed by atoms with Crippen molar-refractivity contribution < 1.29 is 4.79 Å². The summed E-state index contributed by atoms with van der Waals surface area (Å²) >= 11 is 0. The van der Waals surface area contributed by atoms with Crippen molar-refractivity contribution in [1.82, 2.24) is 14.9 Å². The number of carbonyl (C=O) groups excluding carboxylic acids is 1. The maximum absolute atomic E-state index is 11.4. The third-order valence-corrected chi connectivity index (χ3v) is 2.60. The van der Waals surface area contributed by atoms with Gasteiger partial charge in [-0.05, 0) is 12.1 Å². The van der Waals surface area contributed by atoms with Gasteiger partial charge in [-0.15, -0.1) is 0 Å². The van der Waals surface area contributed by atoms with Gasteiger partial charge in [-0.3, -0.25) is 4.79 Å². The Kier molecular flexibility index (Phi) is 3.14. The lowest BCUT2D eigenvalue weighted by Gasteiger charge is -2.34. The summed E-state index contributed by atoms with van der Waals surface area (Å²) in [4.78, 5) is 23.6. The summed E-state index contributed by atoms with van der Waals surface area (Å²) in [7, 11) is 0. The van der Waals surface area contributed by atoms with Gasteiger partial charge >= 0.3 is 0 Å². The molecule has 0 bridgehead atoms. The second kappa shape index (κ2) is 4.74. The monoisotopic (exact) mass is 218 g/mol. The maximum Gasteiger partial charge on any atom is 0.246 e. The van der Waals surface area contributed by atoms with Gasteiger partial charge in [0.25, 0.3) is 0 Å². The van der Waals surface area contributed by atoms with Crippen LogP contribution in [0, 0.1) is 0 Å². The van der Waals surface area contributed by atoms with Crippen LogP contribution in [0.1, 0.15) is 0 Å². The molecule has 0 aromatic carbocycles. The number of piperazine rings is 1. The Balaban J connectivity index is 1.95. The Morgan fingerprint density at radius 3 is 2.44 bits per heavy atom. The Hall–Kier alpha value is -1.91. The Morgan fingerprint density at radius 2 is 1.88 bits per heavy atom. The highest BCUT2D eigenvalue weighted by molar-refractivity contribution is 5.87. The second-order valence-electron chi connectivity index (χ2n) is 3.57. The van der Waals surface area contributed by atoms with Gasteiger partial charge < -0.3 is 9.80 Å². The number of nitrogens with zero attached hydrogens (tertiary/aromatic N) is 4. The third-order valence-electron chi connectivity index (χ3n) is 2.60. The number of anilines is 1. The van der Waals surface area contributed by atoms with Crippen LogP contribution in [0.15, 0.2) is 31.1 Å². The van der Waals surface area contributed by atoms with Gasteiger partial charge in [0, 0.05) is 38.6 Å². The molecule has 1 saturated heterocycles. The Bertz CT molecular complexity index is 371. The van der Waals surface area contributed by atoms with Gasteiger partial charge in [-0.1, -0.05) is 6.58 Å². The standard InChI is InChI=1S/C11H14N4O/c1-2-10(16)14-6-8-15(9-7-14)11-12-4-3-5-13-11/h2-5H,1,6-9H2. The molecule has 16 heavy (non-hydrogen) atoms. The van der Waals surface area contributed by atoms with E-state index >= 15 is 0 Å². The van der Waals surface area contributed by atoms with Crippen molar-refractivity contribution >= 4 is 11.9 Å². The van der Waals surface area contributed by atoms with Gasteiger partial charge in [-0.2, -0.15) is 0 Å². The van der Waals surface area contributed by atoms with E-state index in [1.807, 2.05) is 0 Å². The molecule has 1 amide bonds. The van der Waals surface area contributed by atoms with E-state index in [1.54, 1.807) is 23.4 Å². The highest BCUT2D eigenvalue weighted by Crippen LogP contribution is 2.09. The molecule has 1 fully saturated rings. The topological polar surface area (TPSA) is 49.3 Å². The fourth-order valence-electron chi connectivity index (χ4n) is 1.71. The van der Waals surface area contributed by atoms with E-state index in [9.17, 15) is 4.79 Å². The third kappa shape index (κ3) is 2.18. The van der Waals surface area contributed by atoms with Crippen LogP contribution in [0.4, 0.5) is 5.95 Å². The smallest absolute Gasteiger partial charge is 0.246 e. The van der Waals surface area contributed by atoms with Gasteiger partial charge in [0.1, 0.15) is 0 Å². The van der Waals surface area contributed by atoms with Crippen molar-refractivity contribution in [2.75, 3.05) is 31.1 Å². The molecule has 0 aliphatic carbocycles. The molecule has 0 radical (unpaired) electrons. The molecular weight excluding hydrogens is 204 g/mol. The highest BCUT2D eigenvalue weighted by Gasteiger charge is 2.20. The average molecular weight is 218 g/mol. The zero-order chi connectivity index (χ0) is 11.4. The highest BCUT2D eigenvalue weighted by atomic mass is 16.2. The van der Waals surface area contributed by atoms with Crippen LogP contribution in [-0.4, -0.2) is 47.0 Å². The Labute approximate surface area is 94.4 Å². The number of aromatic nitrogens is 2. The molecular formula is C11H14N4O. The SMILES string of the molecule is C=CC(=O)N1CCN(c2ncccn2)CC1. The molecule has 0 spiro atoms. The first kappa shape index (κ1) is 10.6. The lowest BCUT2D eigenvalue weighted by atomic mass is 10.3. The summed E-state index contributed by atoms with van der Waals surface area (Å²) in [6, 6.07) is 1.79. The van der Waals surface area contributed by atoms with Crippen molar-refractivity contribution in [3.05, 3.63) is 31.1 Å². The van der Waals surface area contributed by atoms with E-state index < -0.39 is 0 Å². The average Bonchev–Trinajstić information content (AvgIpc) is 2.39. The van der Waals surface area contributed by atoms with Crippen molar-refractivity contribution in [2.45, 2.75) is 0 Å². The van der Waals surface area contributed by atoms with Crippen molar-refractivity contribution in [3.63, 3.8) is 0 Å². The van der Waals surface area contributed by atoms with Crippen LogP contribution in [-0.2, 0) is 4.79 Å². The minimum atomic E-state index is -0.00590. The zero-order valence-corrected chi connectivity index (χ0v) is 9.04. The molecule has 2 heterocycles. The summed E-state index contributed by atoms with van der Waals surface area (Å²) in [5, 5.41) is 0. The summed E-state index contributed by atoms with van der Waals surface area (Å²) in [6.07, 6.45) is 4.81. The maximum atomic E-state index is 11.4. The van der Waals surface area contributed by atoms with E-state index in [-0.39, 0.29) is 5.91 Å². The first-order valence-corrected chi connectivity index (χ1v) is 5.24. The number of carbonyl (C=O) groups is 1. The molecule has 2 rings (SSSR count). The molecule has 5 heteroatoms. The largest absolute Gasteiger partial charge is 0.337 e. The zero-order valence-electron chi connectivity index (χ0n) is 9.04. The van der Waals surface area contributed by atoms with Gasteiger partial charge in [0.15, 0.2) is 0 Å². The van der Waals surface area contributed by atoms with Crippen LogP contribution in [0.3, 0.4) is 0 Å². The van der Waals surface area contributed by atoms with E-state index in [2.05, 4.69) is 21.4 Å². The second-order valence-corrected chi connectivity index (χ2v) is 3.57. The summed E-state index contributed by atoms with van der Waals surface area (Å²) in [6.45, 7) is 6.41. The summed E-state index contributed by atoms with van der Waals surface area (Å²) in [5.74, 6) is 0.724. The number of rotatable bonds is 2. The van der Waals surface area contributed by atoms with Crippen LogP contribution in [0.25, 0.3) is 0 Å². The minimum absolute atomic E-state index is 0.00590. The fraction of sp³-hybridized carbons (Fsp3) is 0.364. The van der Waals surface area contributed by atoms with Crippen LogP contribution < -0.4 is 4.90 Å². The molecule has 5 nitrogen and oxygen atoms in total. The number of hydrogen-bond acceptors (Lipinski definition) is 4. The lowest BCUT2D eigenvalue weighted by molar-refractivity contribution is -0.126. The van der Waals surface area contributed by atoms with Gasteiger partial charge in [0.2, 0.25) is 11.9 Å². The van der Waals surface area contributed by atoms with Crippen molar-refractivity contribution in [3.8, 4) is 0 Å². The first-order valence-electron chi connectivity index (χ1n) is 5.24. The molecule has 0 saturated carbocycles. The van der Waals surface area contributed by atoms with E-state index in [1.165, 1.54) is 6.08 Å². The van der Waals surface area contributed by atoms with E-state index in [0.717, 1.165) is 19.0 Å². The quantitative estimate of drug-likeness (QED) is 0.670. The first-order chi connectivity index (χ1) is 7.81. The van der Waals surface area contributed by atoms with Crippen LogP contribution in [0.5, 0.6) is 0 Å². The van der Waals surface area contributed by atoms with Crippen LogP contribution in [0.2, 0.25) is 0 Å². The number of amides is 1. The molecule has 1 aliphatic heterocycles. The predicted molar refractivity (Wildman–Crippen MR) is 61.0 cm³/mol. The fourth-order valence-corrected chi connectivity index (χ4v) is 1.71. The molecule has 1 aromatic rings.